The number of hydrogen-bond acceptors (Lipinski definition) is 6. The van der Waals surface area contributed by atoms with E-state index in [0.717, 1.165) is 22.8 Å². The molecule has 136 valence electrons. The number of aromatic nitrogens is 3. The molecule has 0 bridgehead atoms. The molecule has 0 amide bonds. The first-order valence-corrected chi connectivity index (χ1v) is 9.24. The minimum atomic E-state index is 0.568. The van der Waals surface area contributed by atoms with Crippen molar-refractivity contribution in [2.45, 2.75) is 19.0 Å². The van der Waals surface area contributed by atoms with Gasteiger partial charge in [-0.05, 0) is 61.4 Å². The maximum absolute atomic E-state index is 6.14. The number of nitrogen functional groups attached to an aromatic ring is 1. The lowest BCUT2D eigenvalue weighted by Crippen LogP contribution is -2.12. The van der Waals surface area contributed by atoms with Gasteiger partial charge < -0.3 is 15.3 Å². The van der Waals surface area contributed by atoms with Crippen molar-refractivity contribution in [3.63, 3.8) is 0 Å². The predicted octanol–water partition coefficient (Wildman–Crippen LogP) is 3.46. The Hall–Kier alpha value is -2.67. The van der Waals surface area contributed by atoms with Crippen LogP contribution in [0.5, 0.6) is 11.5 Å². The lowest BCUT2D eigenvalue weighted by Gasteiger charge is -2.08. The summed E-state index contributed by atoms with van der Waals surface area (Å²) < 4.78 is 12.5. The van der Waals surface area contributed by atoms with Gasteiger partial charge in [0.15, 0.2) is 5.82 Å². The normalized spacial score (nSPS) is 10.7. The molecule has 3 aromatic rings. The summed E-state index contributed by atoms with van der Waals surface area (Å²) in [6, 6.07) is 13.7. The van der Waals surface area contributed by atoms with E-state index in [0.29, 0.717) is 17.6 Å². The summed E-state index contributed by atoms with van der Waals surface area (Å²) in [5.74, 6) is 9.15. The molecule has 0 atom stereocenters. The van der Waals surface area contributed by atoms with E-state index in [2.05, 4.69) is 30.1 Å². The molecular formula is C19H22N4O2S. The number of nitrogens with zero attached hydrogens (tertiary/aromatic N) is 3. The highest BCUT2D eigenvalue weighted by Gasteiger charge is 2.12. The lowest BCUT2D eigenvalue weighted by atomic mass is 10.1. The van der Waals surface area contributed by atoms with E-state index in [9.17, 15) is 0 Å². The third-order valence-corrected chi connectivity index (χ3v) is 4.70. The molecule has 0 unspecified atom stereocenters. The van der Waals surface area contributed by atoms with Gasteiger partial charge in [0.25, 0.3) is 0 Å². The summed E-state index contributed by atoms with van der Waals surface area (Å²) in [5, 5.41) is 9.01. The number of benzene rings is 2. The first-order valence-electron chi connectivity index (χ1n) is 8.25. The molecule has 0 radical (unpaired) electrons. The molecule has 26 heavy (non-hydrogen) atoms. The second-order valence-electron chi connectivity index (χ2n) is 5.93. The molecule has 0 aliphatic rings. The fourth-order valence-corrected chi connectivity index (χ4v) is 3.29. The van der Waals surface area contributed by atoms with E-state index in [4.69, 9.17) is 15.3 Å². The monoisotopic (exact) mass is 370 g/mol. The van der Waals surface area contributed by atoms with Gasteiger partial charge >= 0.3 is 0 Å². The van der Waals surface area contributed by atoms with Crippen LogP contribution in [0.1, 0.15) is 11.1 Å². The first-order chi connectivity index (χ1) is 12.6. The van der Waals surface area contributed by atoms with Crippen LogP contribution in [0.3, 0.4) is 0 Å². The van der Waals surface area contributed by atoms with Gasteiger partial charge in [-0.15, -0.1) is 10.2 Å². The van der Waals surface area contributed by atoms with Crippen molar-refractivity contribution in [2.24, 2.45) is 0 Å². The van der Waals surface area contributed by atoms with Crippen molar-refractivity contribution in [2.75, 3.05) is 25.3 Å². The Bertz CT molecular complexity index is 857. The second kappa shape index (κ2) is 8.14. The maximum Gasteiger partial charge on any atom is 0.210 e. The number of thioether (sulfide) groups is 1. The zero-order valence-electron chi connectivity index (χ0n) is 15.1. The van der Waals surface area contributed by atoms with E-state index < -0.39 is 0 Å². The van der Waals surface area contributed by atoms with Gasteiger partial charge in [-0.1, -0.05) is 17.8 Å². The molecular weight excluding hydrogens is 348 g/mol. The van der Waals surface area contributed by atoms with Gasteiger partial charge in [0, 0.05) is 11.3 Å². The Kier molecular flexibility index (Phi) is 5.68. The van der Waals surface area contributed by atoms with Crippen LogP contribution in [0.15, 0.2) is 47.6 Å². The summed E-state index contributed by atoms with van der Waals surface area (Å²) >= 11 is 1.51. The van der Waals surface area contributed by atoms with Crippen molar-refractivity contribution in [1.82, 2.24) is 14.9 Å². The number of rotatable bonds is 7. The molecule has 3 rings (SSSR count). The van der Waals surface area contributed by atoms with Gasteiger partial charge in [-0.3, -0.25) is 0 Å². The molecule has 0 aliphatic heterocycles. The average molecular weight is 370 g/mol. The van der Waals surface area contributed by atoms with Gasteiger partial charge in [0.1, 0.15) is 11.5 Å². The molecule has 2 N–H and O–H groups in total. The van der Waals surface area contributed by atoms with E-state index in [-0.39, 0.29) is 0 Å². The van der Waals surface area contributed by atoms with Crippen LogP contribution in [0, 0.1) is 13.8 Å². The summed E-state index contributed by atoms with van der Waals surface area (Å²) in [6.45, 7) is 4.69. The van der Waals surface area contributed by atoms with Crippen LogP contribution in [0.4, 0.5) is 0 Å². The maximum atomic E-state index is 6.14. The smallest absolute Gasteiger partial charge is 0.210 e. The van der Waals surface area contributed by atoms with Crippen molar-refractivity contribution < 1.29 is 9.47 Å². The minimum absolute atomic E-state index is 0.568. The SMILES string of the molecule is COc1ccc(-c2nnc(SCCOc3cc(C)cc(C)c3)n2N)cc1. The van der Waals surface area contributed by atoms with Crippen LogP contribution in [-0.2, 0) is 0 Å². The predicted molar refractivity (Wildman–Crippen MR) is 104 cm³/mol. The highest BCUT2D eigenvalue weighted by Crippen LogP contribution is 2.24. The largest absolute Gasteiger partial charge is 0.497 e. The molecule has 0 spiro atoms. The Balaban J connectivity index is 1.58. The van der Waals surface area contributed by atoms with Crippen molar-refractivity contribution in [3.8, 4) is 22.9 Å². The van der Waals surface area contributed by atoms with E-state index >= 15 is 0 Å². The van der Waals surface area contributed by atoms with Gasteiger partial charge in [-0.25, -0.2) is 4.68 Å². The van der Waals surface area contributed by atoms with Crippen molar-refractivity contribution in [1.29, 1.82) is 0 Å². The fourth-order valence-electron chi connectivity index (χ4n) is 2.62. The quantitative estimate of drug-likeness (QED) is 0.390. The molecule has 1 aromatic heterocycles. The third kappa shape index (κ3) is 4.29. The van der Waals surface area contributed by atoms with E-state index in [1.54, 1.807) is 7.11 Å². The van der Waals surface area contributed by atoms with Crippen LogP contribution >= 0.6 is 11.8 Å². The number of hydrogen-bond donors (Lipinski definition) is 1. The number of nitrogens with two attached hydrogens (primary N) is 1. The third-order valence-electron chi connectivity index (χ3n) is 3.79. The van der Waals surface area contributed by atoms with Crippen LogP contribution in [0.2, 0.25) is 0 Å². The molecule has 7 heteroatoms. The van der Waals surface area contributed by atoms with E-state index in [1.807, 2.05) is 36.4 Å². The summed E-state index contributed by atoms with van der Waals surface area (Å²) in [5.41, 5.74) is 3.27. The second-order valence-corrected chi connectivity index (χ2v) is 6.99. The summed E-state index contributed by atoms with van der Waals surface area (Å²) in [6.07, 6.45) is 0. The standard InChI is InChI=1S/C19H22N4O2S/c1-13-10-14(2)12-17(11-13)25-8-9-26-19-22-21-18(23(19)20)15-4-6-16(24-3)7-5-15/h4-7,10-12H,8-9,20H2,1-3H3. The molecule has 6 nitrogen and oxygen atoms in total. The average Bonchev–Trinajstić information content (AvgIpc) is 2.99. The highest BCUT2D eigenvalue weighted by atomic mass is 32.2. The molecule has 0 fully saturated rings. The van der Waals surface area contributed by atoms with Crippen LogP contribution < -0.4 is 15.3 Å². The Morgan fingerprint density at radius 2 is 1.69 bits per heavy atom. The number of methoxy groups -OCH3 is 1. The van der Waals surface area contributed by atoms with Crippen LogP contribution in [-0.4, -0.2) is 34.3 Å². The Labute approximate surface area is 157 Å². The number of ether oxygens (including phenoxy) is 2. The first kappa shape index (κ1) is 18.1. The molecule has 2 aromatic carbocycles. The molecule has 0 saturated heterocycles. The van der Waals surface area contributed by atoms with E-state index in [1.165, 1.54) is 27.6 Å². The minimum Gasteiger partial charge on any atom is -0.497 e. The summed E-state index contributed by atoms with van der Waals surface area (Å²) in [7, 11) is 1.63. The van der Waals surface area contributed by atoms with Gasteiger partial charge in [0.2, 0.25) is 5.16 Å². The van der Waals surface area contributed by atoms with Gasteiger partial charge in [-0.2, -0.15) is 0 Å². The van der Waals surface area contributed by atoms with Crippen molar-refractivity contribution in [3.05, 3.63) is 53.6 Å². The van der Waals surface area contributed by atoms with Crippen LogP contribution in [0.25, 0.3) is 11.4 Å². The molecule has 0 aliphatic carbocycles. The lowest BCUT2D eigenvalue weighted by molar-refractivity contribution is 0.343. The highest BCUT2D eigenvalue weighted by molar-refractivity contribution is 7.99. The molecule has 1 heterocycles. The topological polar surface area (TPSA) is 75.2 Å². The molecule has 0 saturated carbocycles. The van der Waals surface area contributed by atoms with Gasteiger partial charge in [0.05, 0.1) is 13.7 Å². The summed E-state index contributed by atoms with van der Waals surface area (Å²) in [4.78, 5) is 0. The Morgan fingerprint density at radius 1 is 1.00 bits per heavy atom. The zero-order valence-corrected chi connectivity index (χ0v) is 15.9. The van der Waals surface area contributed by atoms with Crippen molar-refractivity contribution >= 4 is 11.8 Å². The number of aryl methyl sites for hydroxylation is 2. The Morgan fingerprint density at radius 3 is 2.35 bits per heavy atom. The fraction of sp³-hybridized carbons (Fsp3) is 0.263. The zero-order chi connectivity index (χ0) is 18.5.